The van der Waals surface area contributed by atoms with Gasteiger partial charge in [-0.3, -0.25) is 0 Å². The highest BCUT2D eigenvalue weighted by molar-refractivity contribution is 5.31. The molecule has 0 aromatic heterocycles. The summed E-state index contributed by atoms with van der Waals surface area (Å²) in [6.07, 6.45) is 0. The predicted octanol–water partition coefficient (Wildman–Crippen LogP) is 1.08. The second-order valence-electron chi connectivity index (χ2n) is 3.76. The summed E-state index contributed by atoms with van der Waals surface area (Å²) in [4.78, 5) is 0. The van der Waals surface area contributed by atoms with Crippen molar-refractivity contribution in [1.82, 2.24) is 0 Å². The number of hydrogen-bond acceptors (Lipinski definition) is 3. The lowest BCUT2D eigenvalue weighted by Gasteiger charge is -2.21. The zero-order valence-corrected chi connectivity index (χ0v) is 8.66. The SMILES string of the molecule is Cc1ccccc1OCC(C)(O)CN. The third kappa shape index (κ3) is 3.01. The second kappa shape index (κ2) is 4.44. The molecular formula is C11H17NO2. The van der Waals surface area contributed by atoms with E-state index in [9.17, 15) is 5.11 Å². The van der Waals surface area contributed by atoms with E-state index in [2.05, 4.69) is 0 Å². The highest BCUT2D eigenvalue weighted by Gasteiger charge is 2.19. The maximum absolute atomic E-state index is 9.63. The van der Waals surface area contributed by atoms with E-state index in [1.54, 1.807) is 6.92 Å². The largest absolute Gasteiger partial charge is 0.490 e. The van der Waals surface area contributed by atoms with E-state index in [4.69, 9.17) is 10.5 Å². The molecule has 0 aliphatic heterocycles. The highest BCUT2D eigenvalue weighted by atomic mass is 16.5. The van der Waals surface area contributed by atoms with Crippen molar-refractivity contribution in [3.8, 4) is 5.75 Å². The lowest BCUT2D eigenvalue weighted by atomic mass is 10.1. The summed E-state index contributed by atoms with van der Waals surface area (Å²) in [6, 6.07) is 7.69. The summed E-state index contributed by atoms with van der Waals surface area (Å²) in [5, 5.41) is 9.63. The first kappa shape index (κ1) is 11.0. The summed E-state index contributed by atoms with van der Waals surface area (Å²) < 4.78 is 5.46. The van der Waals surface area contributed by atoms with Gasteiger partial charge in [-0.05, 0) is 25.5 Å². The Morgan fingerprint density at radius 2 is 2.07 bits per heavy atom. The van der Waals surface area contributed by atoms with Crippen LogP contribution in [0, 0.1) is 6.92 Å². The molecule has 0 spiro atoms. The Kier molecular flexibility index (Phi) is 3.49. The quantitative estimate of drug-likeness (QED) is 0.756. The maximum atomic E-state index is 9.63. The molecule has 0 heterocycles. The fourth-order valence-electron chi connectivity index (χ4n) is 1.01. The molecule has 0 aliphatic rings. The van der Waals surface area contributed by atoms with Crippen LogP contribution in [-0.4, -0.2) is 23.9 Å². The summed E-state index contributed by atoms with van der Waals surface area (Å²) in [5.74, 6) is 0.793. The number of benzene rings is 1. The number of aryl methyl sites for hydroxylation is 1. The van der Waals surface area contributed by atoms with Gasteiger partial charge in [-0.1, -0.05) is 18.2 Å². The van der Waals surface area contributed by atoms with Crippen LogP contribution in [0.4, 0.5) is 0 Å². The second-order valence-corrected chi connectivity index (χ2v) is 3.76. The van der Waals surface area contributed by atoms with Crippen molar-refractivity contribution >= 4 is 0 Å². The Hall–Kier alpha value is -1.06. The molecule has 1 rings (SSSR count). The fraction of sp³-hybridized carbons (Fsp3) is 0.455. The lowest BCUT2D eigenvalue weighted by molar-refractivity contribution is 0.0193. The van der Waals surface area contributed by atoms with Crippen LogP contribution in [0.15, 0.2) is 24.3 Å². The van der Waals surface area contributed by atoms with E-state index in [1.807, 2.05) is 31.2 Å². The van der Waals surface area contributed by atoms with Gasteiger partial charge >= 0.3 is 0 Å². The van der Waals surface area contributed by atoms with Crippen LogP contribution in [0.5, 0.6) is 5.75 Å². The van der Waals surface area contributed by atoms with Crippen molar-refractivity contribution in [1.29, 1.82) is 0 Å². The van der Waals surface area contributed by atoms with E-state index < -0.39 is 5.60 Å². The van der Waals surface area contributed by atoms with E-state index in [1.165, 1.54) is 0 Å². The number of para-hydroxylation sites is 1. The number of nitrogens with two attached hydrogens (primary N) is 1. The van der Waals surface area contributed by atoms with Gasteiger partial charge < -0.3 is 15.6 Å². The van der Waals surface area contributed by atoms with Crippen molar-refractivity contribution < 1.29 is 9.84 Å². The van der Waals surface area contributed by atoms with E-state index in [0.717, 1.165) is 11.3 Å². The molecule has 3 nitrogen and oxygen atoms in total. The molecule has 1 unspecified atom stereocenters. The van der Waals surface area contributed by atoms with Crippen molar-refractivity contribution in [2.75, 3.05) is 13.2 Å². The van der Waals surface area contributed by atoms with Gasteiger partial charge in [0.15, 0.2) is 0 Å². The molecule has 0 saturated carbocycles. The van der Waals surface area contributed by atoms with Crippen molar-refractivity contribution in [3.05, 3.63) is 29.8 Å². The van der Waals surface area contributed by atoms with Crippen molar-refractivity contribution in [2.24, 2.45) is 5.73 Å². The molecule has 1 aromatic carbocycles. The van der Waals surface area contributed by atoms with Gasteiger partial charge in [0.25, 0.3) is 0 Å². The first-order chi connectivity index (χ1) is 6.55. The maximum Gasteiger partial charge on any atom is 0.122 e. The molecule has 3 N–H and O–H groups in total. The van der Waals surface area contributed by atoms with Crippen LogP contribution >= 0.6 is 0 Å². The summed E-state index contributed by atoms with van der Waals surface area (Å²) in [6.45, 7) is 4.03. The molecular weight excluding hydrogens is 178 g/mol. The minimum Gasteiger partial charge on any atom is -0.490 e. The molecule has 0 saturated heterocycles. The van der Waals surface area contributed by atoms with Crippen LogP contribution < -0.4 is 10.5 Å². The predicted molar refractivity (Wildman–Crippen MR) is 56.4 cm³/mol. The number of aliphatic hydroxyl groups is 1. The number of rotatable bonds is 4. The number of ether oxygens (including phenoxy) is 1. The van der Waals surface area contributed by atoms with Gasteiger partial charge in [0.05, 0.1) is 0 Å². The summed E-state index contributed by atoms with van der Waals surface area (Å²) in [5.41, 5.74) is 5.48. The Bertz CT molecular complexity index is 297. The van der Waals surface area contributed by atoms with Crippen molar-refractivity contribution in [3.63, 3.8) is 0 Å². The van der Waals surface area contributed by atoms with Crippen LogP contribution in [0.1, 0.15) is 12.5 Å². The van der Waals surface area contributed by atoms with Crippen molar-refractivity contribution in [2.45, 2.75) is 19.4 Å². The van der Waals surface area contributed by atoms with E-state index in [0.29, 0.717) is 0 Å². The lowest BCUT2D eigenvalue weighted by Crippen LogP contribution is -2.40. The average Bonchev–Trinajstić information content (AvgIpc) is 2.17. The fourth-order valence-corrected chi connectivity index (χ4v) is 1.01. The average molecular weight is 195 g/mol. The van der Waals surface area contributed by atoms with Gasteiger partial charge in [-0.2, -0.15) is 0 Å². The first-order valence-electron chi connectivity index (χ1n) is 4.66. The summed E-state index contributed by atoms with van der Waals surface area (Å²) in [7, 11) is 0. The van der Waals surface area contributed by atoms with Crippen LogP contribution in [0.25, 0.3) is 0 Å². The highest BCUT2D eigenvalue weighted by Crippen LogP contribution is 2.17. The van der Waals surface area contributed by atoms with E-state index >= 15 is 0 Å². The third-order valence-electron chi connectivity index (χ3n) is 2.07. The summed E-state index contributed by atoms with van der Waals surface area (Å²) >= 11 is 0. The third-order valence-corrected chi connectivity index (χ3v) is 2.07. The molecule has 0 fully saturated rings. The first-order valence-corrected chi connectivity index (χ1v) is 4.66. The molecule has 1 atom stereocenters. The molecule has 3 heteroatoms. The number of hydrogen-bond donors (Lipinski definition) is 2. The standard InChI is InChI=1S/C11H17NO2/c1-9-5-3-4-6-10(9)14-8-11(2,13)7-12/h3-6,13H,7-8,12H2,1-2H3. The van der Waals surface area contributed by atoms with Crippen LogP contribution in [-0.2, 0) is 0 Å². The van der Waals surface area contributed by atoms with Crippen LogP contribution in [0.2, 0.25) is 0 Å². The zero-order valence-electron chi connectivity index (χ0n) is 8.66. The Morgan fingerprint density at radius 3 is 2.64 bits per heavy atom. The zero-order chi connectivity index (χ0) is 10.6. The van der Waals surface area contributed by atoms with Gasteiger partial charge in [-0.15, -0.1) is 0 Å². The smallest absolute Gasteiger partial charge is 0.122 e. The monoisotopic (exact) mass is 195 g/mol. The molecule has 0 bridgehead atoms. The molecule has 78 valence electrons. The Morgan fingerprint density at radius 1 is 1.43 bits per heavy atom. The molecule has 0 radical (unpaired) electrons. The Labute approximate surface area is 84.5 Å². The molecule has 1 aromatic rings. The minimum absolute atomic E-state index is 0.193. The van der Waals surface area contributed by atoms with Crippen LogP contribution in [0.3, 0.4) is 0 Å². The Balaban J connectivity index is 2.58. The normalized spacial score (nSPS) is 14.9. The van der Waals surface area contributed by atoms with E-state index in [-0.39, 0.29) is 13.2 Å². The topological polar surface area (TPSA) is 55.5 Å². The van der Waals surface area contributed by atoms with Gasteiger partial charge in [0.2, 0.25) is 0 Å². The van der Waals surface area contributed by atoms with Gasteiger partial charge in [0, 0.05) is 6.54 Å². The van der Waals surface area contributed by atoms with Gasteiger partial charge in [-0.25, -0.2) is 0 Å². The minimum atomic E-state index is -0.956. The molecule has 0 aliphatic carbocycles. The van der Waals surface area contributed by atoms with Gasteiger partial charge in [0.1, 0.15) is 18.0 Å². The molecule has 14 heavy (non-hydrogen) atoms. The molecule has 0 amide bonds.